The molecule has 0 saturated carbocycles. The van der Waals surface area contributed by atoms with Gasteiger partial charge in [0.1, 0.15) is 0 Å². The minimum atomic E-state index is -0.239. The first-order valence-corrected chi connectivity index (χ1v) is 8.36. The highest BCUT2D eigenvalue weighted by Crippen LogP contribution is 2.20. The van der Waals surface area contributed by atoms with Gasteiger partial charge in [0.05, 0.1) is 6.10 Å². The number of halogens is 1. The van der Waals surface area contributed by atoms with Crippen molar-refractivity contribution < 1.29 is 9.53 Å². The SMILES string of the molecule is CC(C)OC(=O)N1C[C@H](CCl)N(Cc2ccccc2)C[C@H]1C. The second kappa shape index (κ2) is 7.84. The van der Waals surface area contributed by atoms with Gasteiger partial charge in [-0.2, -0.15) is 0 Å². The molecule has 1 aliphatic heterocycles. The molecule has 1 amide bonds. The van der Waals surface area contributed by atoms with E-state index in [2.05, 4.69) is 24.0 Å². The van der Waals surface area contributed by atoms with Crippen LogP contribution in [0.3, 0.4) is 0 Å². The van der Waals surface area contributed by atoms with Crippen LogP contribution in [0.2, 0.25) is 0 Å². The largest absolute Gasteiger partial charge is 0.447 e. The number of amides is 1. The lowest BCUT2D eigenvalue weighted by molar-refractivity contribution is 0.0155. The topological polar surface area (TPSA) is 32.8 Å². The Hall–Kier alpha value is -1.26. The van der Waals surface area contributed by atoms with Crippen LogP contribution in [-0.4, -0.2) is 53.1 Å². The highest BCUT2D eigenvalue weighted by molar-refractivity contribution is 6.18. The van der Waals surface area contributed by atoms with Crippen LogP contribution in [-0.2, 0) is 11.3 Å². The molecule has 1 fully saturated rings. The van der Waals surface area contributed by atoms with Crippen molar-refractivity contribution in [1.29, 1.82) is 0 Å². The van der Waals surface area contributed by atoms with Crippen LogP contribution in [0, 0.1) is 0 Å². The number of rotatable bonds is 4. The van der Waals surface area contributed by atoms with Crippen LogP contribution >= 0.6 is 11.6 Å². The summed E-state index contributed by atoms with van der Waals surface area (Å²) in [5.74, 6) is 0.505. The molecular weight excluding hydrogens is 300 g/mol. The predicted molar refractivity (Wildman–Crippen MR) is 89.1 cm³/mol. The maximum Gasteiger partial charge on any atom is 0.410 e. The minimum Gasteiger partial charge on any atom is -0.447 e. The Labute approximate surface area is 138 Å². The Morgan fingerprint density at radius 1 is 1.32 bits per heavy atom. The van der Waals surface area contributed by atoms with Gasteiger partial charge in [-0.15, -0.1) is 11.6 Å². The second-order valence-electron chi connectivity index (χ2n) is 6.16. The highest BCUT2D eigenvalue weighted by atomic mass is 35.5. The Morgan fingerprint density at radius 3 is 2.59 bits per heavy atom. The first kappa shape index (κ1) is 17.1. The van der Waals surface area contributed by atoms with Crippen molar-refractivity contribution >= 4 is 17.7 Å². The molecule has 1 heterocycles. The number of nitrogens with zero attached hydrogens (tertiary/aromatic N) is 2. The highest BCUT2D eigenvalue weighted by Gasteiger charge is 2.34. The number of alkyl halides is 1. The summed E-state index contributed by atoms with van der Waals surface area (Å²) in [4.78, 5) is 16.3. The van der Waals surface area contributed by atoms with Gasteiger partial charge in [0.15, 0.2) is 0 Å². The van der Waals surface area contributed by atoms with Crippen LogP contribution in [0.25, 0.3) is 0 Å². The zero-order valence-corrected chi connectivity index (χ0v) is 14.3. The van der Waals surface area contributed by atoms with E-state index in [9.17, 15) is 4.79 Å². The van der Waals surface area contributed by atoms with Crippen LogP contribution in [0.15, 0.2) is 30.3 Å². The van der Waals surface area contributed by atoms with E-state index in [0.29, 0.717) is 12.4 Å². The fourth-order valence-electron chi connectivity index (χ4n) is 2.79. The van der Waals surface area contributed by atoms with Crippen molar-refractivity contribution in [1.82, 2.24) is 9.80 Å². The number of piperazine rings is 1. The molecular formula is C17H25ClN2O2. The van der Waals surface area contributed by atoms with E-state index in [1.54, 1.807) is 4.90 Å². The average Bonchev–Trinajstić information content (AvgIpc) is 2.47. The molecule has 4 nitrogen and oxygen atoms in total. The molecule has 5 heteroatoms. The maximum atomic E-state index is 12.2. The molecule has 0 spiro atoms. The molecule has 2 atom stereocenters. The Morgan fingerprint density at radius 2 is 2.00 bits per heavy atom. The van der Waals surface area contributed by atoms with E-state index >= 15 is 0 Å². The second-order valence-corrected chi connectivity index (χ2v) is 6.47. The predicted octanol–water partition coefficient (Wildman–Crippen LogP) is 3.35. The summed E-state index contributed by atoms with van der Waals surface area (Å²) in [6.45, 7) is 8.07. The molecule has 0 radical (unpaired) electrons. The first-order valence-electron chi connectivity index (χ1n) is 7.82. The van der Waals surface area contributed by atoms with Crippen molar-refractivity contribution in [3.05, 3.63) is 35.9 Å². The smallest absolute Gasteiger partial charge is 0.410 e. The summed E-state index contributed by atoms with van der Waals surface area (Å²) in [6, 6.07) is 10.6. The van der Waals surface area contributed by atoms with E-state index in [4.69, 9.17) is 16.3 Å². The lowest BCUT2D eigenvalue weighted by atomic mass is 10.1. The van der Waals surface area contributed by atoms with Crippen LogP contribution in [0.4, 0.5) is 4.79 Å². The molecule has 1 saturated heterocycles. The standard InChI is InChI=1S/C17H25ClN2O2/c1-13(2)22-17(21)20-12-16(9-18)19(10-14(20)3)11-15-7-5-4-6-8-15/h4-8,13-14,16H,9-12H2,1-3H3/t14-,16+/m1/s1. The number of hydrogen-bond donors (Lipinski definition) is 0. The Kier molecular flexibility index (Phi) is 6.09. The number of ether oxygens (including phenoxy) is 1. The first-order chi connectivity index (χ1) is 10.5. The van der Waals surface area contributed by atoms with Crippen molar-refractivity contribution in [3.8, 4) is 0 Å². The normalized spacial score (nSPS) is 22.9. The van der Waals surface area contributed by atoms with E-state index in [0.717, 1.165) is 13.1 Å². The summed E-state index contributed by atoms with van der Waals surface area (Å²) in [6.07, 6.45) is -0.339. The van der Waals surface area contributed by atoms with Gasteiger partial charge < -0.3 is 9.64 Å². The van der Waals surface area contributed by atoms with Crippen LogP contribution < -0.4 is 0 Å². The Bertz CT molecular complexity index is 481. The fourth-order valence-corrected chi connectivity index (χ4v) is 3.08. The molecule has 0 bridgehead atoms. The van der Waals surface area contributed by atoms with Gasteiger partial charge >= 0.3 is 6.09 Å². The molecule has 1 aromatic rings. The van der Waals surface area contributed by atoms with Crippen molar-refractivity contribution in [2.24, 2.45) is 0 Å². The molecule has 22 heavy (non-hydrogen) atoms. The lowest BCUT2D eigenvalue weighted by Gasteiger charge is -2.44. The van der Waals surface area contributed by atoms with Gasteiger partial charge in [-0.3, -0.25) is 4.90 Å². The summed E-state index contributed by atoms with van der Waals surface area (Å²) in [7, 11) is 0. The molecule has 1 aliphatic rings. The van der Waals surface area contributed by atoms with Gasteiger partial charge in [-0.25, -0.2) is 4.79 Å². The maximum absolute atomic E-state index is 12.2. The van der Waals surface area contributed by atoms with Crippen molar-refractivity contribution in [3.63, 3.8) is 0 Å². The van der Waals surface area contributed by atoms with Gasteiger partial charge in [-0.1, -0.05) is 30.3 Å². The summed E-state index contributed by atoms with van der Waals surface area (Å²) in [5, 5.41) is 0. The molecule has 0 N–H and O–H groups in total. The lowest BCUT2D eigenvalue weighted by Crippen LogP contribution is -2.59. The molecule has 0 aliphatic carbocycles. The van der Waals surface area contributed by atoms with Gasteiger partial charge in [-0.05, 0) is 26.3 Å². The Balaban J connectivity index is 2.03. The third kappa shape index (κ3) is 4.37. The van der Waals surface area contributed by atoms with E-state index in [1.807, 2.05) is 32.0 Å². The van der Waals surface area contributed by atoms with Gasteiger partial charge in [0.25, 0.3) is 0 Å². The van der Waals surface area contributed by atoms with Gasteiger partial charge in [0, 0.05) is 37.6 Å². The molecule has 0 aromatic heterocycles. The van der Waals surface area contributed by atoms with Crippen LogP contribution in [0.1, 0.15) is 26.3 Å². The minimum absolute atomic E-state index is 0.100. The number of carbonyl (C=O) groups is 1. The summed E-state index contributed by atoms with van der Waals surface area (Å²) in [5.41, 5.74) is 1.27. The monoisotopic (exact) mass is 324 g/mol. The summed E-state index contributed by atoms with van der Waals surface area (Å²) >= 11 is 6.14. The number of hydrogen-bond acceptors (Lipinski definition) is 3. The van der Waals surface area contributed by atoms with E-state index < -0.39 is 0 Å². The van der Waals surface area contributed by atoms with Crippen molar-refractivity contribution in [2.75, 3.05) is 19.0 Å². The summed E-state index contributed by atoms with van der Waals surface area (Å²) < 4.78 is 5.33. The van der Waals surface area contributed by atoms with E-state index in [-0.39, 0.29) is 24.3 Å². The molecule has 2 rings (SSSR count). The third-order valence-corrected chi connectivity index (χ3v) is 4.29. The zero-order valence-electron chi connectivity index (χ0n) is 13.5. The van der Waals surface area contributed by atoms with E-state index in [1.165, 1.54) is 5.56 Å². The third-order valence-electron chi connectivity index (χ3n) is 3.93. The van der Waals surface area contributed by atoms with Crippen molar-refractivity contribution in [2.45, 2.75) is 45.5 Å². The molecule has 1 aromatic carbocycles. The molecule has 122 valence electrons. The average molecular weight is 325 g/mol. The number of benzene rings is 1. The molecule has 0 unspecified atom stereocenters. The quantitative estimate of drug-likeness (QED) is 0.796. The van der Waals surface area contributed by atoms with Crippen LogP contribution in [0.5, 0.6) is 0 Å². The van der Waals surface area contributed by atoms with Gasteiger partial charge in [0.2, 0.25) is 0 Å². The fraction of sp³-hybridized carbons (Fsp3) is 0.588. The number of carbonyl (C=O) groups excluding carboxylic acids is 1. The zero-order chi connectivity index (χ0) is 16.1.